The van der Waals surface area contributed by atoms with Crippen LogP contribution in [0.15, 0.2) is 52.1 Å². The van der Waals surface area contributed by atoms with E-state index in [1.807, 2.05) is 0 Å². The number of ether oxygens (including phenoxy) is 2. The van der Waals surface area contributed by atoms with Crippen molar-refractivity contribution in [2.45, 2.75) is 26.4 Å². The molecular weight excluding hydrogens is 485 g/mol. The van der Waals surface area contributed by atoms with Gasteiger partial charge in [0.25, 0.3) is 5.56 Å². The highest BCUT2D eigenvalue weighted by atomic mass is 32.1. The van der Waals surface area contributed by atoms with Crippen molar-refractivity contribution in [1.29, 1.82) is 0 Å². The molecule has 186 valence electrons. The highest BCUT2D eigenvalue weighted by molar-refractivity contribution is 7.18. The summed E-state index contributed by atoms with van der Waals surface area (Å²) in [4.78, 5) is 42.8. The Morgan fingerprint density at radius 2 is 1.89 bits per heavy atom. The predicted molar refractivity (Wildman–Crippen MR) is 135 cm³/mol. The molecule has 0 aliphatic carbocycles. The number of nitrogens with zero attached hydrogens (tertiary/aromatic N) is 3. The summed E-state index contributed by atoms with van der Waals surface area (Å²) >= 11 is 1.30. The number of methoxy groups -OCH3 is 2. The van der Waals surface area contributed by atoms with E-state index in [2.05, 4.69) is 0 Å². The average Bonchev–Trinajstić information content (AvgIpc) is 3.26. The third kappa shape index (κ3) is 3.87. The van der Waals surface area contributed by atoms with Crippen LogP contribution >= 0.6 is 11.3 Å². The molecule has 0 saturated heterocycles. The van der Waals surface area contributed by atoms with E-state index in [0.29, 0.717) is 41.0 Å². The third-order valence-electron chi connectivity index (χ3n) is 6.48. The Morgan fingerprint density at radius 3 is 2.58 bits per heavy atom. The number of carbonyl (C=O) groups excluding carboxylic acids is 1. The standard InChI is InChI=1S/C26H24FN3O5S/c1-15(31)28-11-10-18-22(14-28)36-25-23(18)24(32)30(20-9-8-17(34-2)12-21(20)35-3)26(33)29(25)13-16-6-4-5-7-19(16)27/h4-9,12H,10-11,13-14H2,1-3H3. The minimum absolute atomic E-state index is 0.0535. The SMILES string of the molecule is COc1ccc(-n2c(=O)c3c4c(sc3n(Cc3ccccc3F)c2=O)CN(C(C)=O)CC4)c(OC)c1. The molecule has 1 amide bonds. The molecule has 8 nitrogen and oxygen atoms in total. The molecule has 0 N–H and O–H groups in total. The molecule has 10 heteroatoms. The van der Waals surface area contributed by atoms with Gasteiger partial charge < -0.3 is 14.4 Å². The average molecular weight is 510 g/mol. The Kier molecular flexibility index (Phi) is 6.13. The quantitative estimate of drug-likeness (QED) is 0.412. The van der Waals surface area contributed by atoms with Crippen LogP contribution in [0.4, 0.5) is 4.39 Å². The van der Waals surface area contributed by atoms with Crippen LogP contribution in [0.3, 0.4) is 0 Å². The Bertz CT molecular complexity index is 1620. The van der Waals surface area contributed by atoms with Gasteiger partial charge in [-0.05, 0) is 30.2 Å². The molecule has 2 aromatic carbocycles. The summed E-state index contributed by atoms with van der Waals surface area (Å²) in [5.74, 6) is 0.300. The Labute approximate surface area is 209 Å². The number of rotatable bonds is 5. The van der Waals surface area contributed by atoms with E-state index in [1.54, 1.807) is 41.3 Å². The molecule has 0 atom stereocenters. The van der Waals surface area contributed by atoms with Crippen molar-refractivity contribution in [2.24, 2.45) is 0 Å². The van der Waals surface area contributed by atoms with Crippen LogP contribution in [0.25, 0.3) is 15.9 Å². The summed E-state index contributed by atoms with van der Waals surface area (Å²) in [6, 6.07) is 11.1. The van der Waals surface area contributed by atoms with Gasteiger partial charge in [-0.15, -0.1) is 11.3 Å². The van der Waals surface area contributed by atoms with Gasteiger partial charge >= 0.3 is 5.69 Å². The number of hydrogen-bond acceptors (Lipinski definition) is 6. The molecule has 1 aliphatic rings. The number of thiophene rings is 1. The molecule has 5 rings (SSSR count). The molecule has 0 fully saturated rings. The van der Waals surface area contributed by atoms with E-state index in [0.717, 1.165) is 15.0 Å². The van der Waals surface area contributed by atoms with Crippen molar-refractivity contribution in [3.05, 3.63) is 85.1 Å². The zero-order valence-corrected chi connectivity index (χ0v) is 20.9. The second-order valence-electron chi connectivity index (χ2n) is 8.51. The fraction of sp³-hybridized carbons (Fsp3) is 0.269. The fourth-order valence-corrected chi connectivity index (χ4v) is 5.94. The highest BCUT2D eigenvalue weighted by Crippen LogP contribution is 2.34. The Balaban J connectivity index is 1.83. The summed E-state index contributed by atoms with van der Waals surface area (Å²) in [6.07, 6.45) is 0.488. The first-order valence-electron chi connectivity index (χ1n) is 11.4. The molecule has 3 heterocycles. The lowest BCUT2D eigenvalue weighted by Gasteiger charge is -2.25. The molecule has 0 spiro atoms. The van der Waals surface area contributed by atoms with Crippen LogP contribution in [-0.2, 0) is 24.3 Å². The first kappa shape index (κ1) is 23.8. The van der Waals surface area contributed by atoms with Gasteiger partial charge in [0, 0.05) is 30.0 Å². The maximum atomic E-state index is 14.6. The van der Waals surface area contributed by atoms with Crippen molar-refractivity contribution in [1.82, 2.24) is 14.0 Å². The van der Waals surface area contributed by atoms with Gasteiger partial charge in [-0.2, -0.15) is 0 Å². The number of carbonyl (C=O) groups is 1. The largest absolute Gasteiger partial charge is 0.497 e. The van der Waals surface area contributed by atoms with Crippen molar-refractivity contribution in [3.8, 4) is 17.2 Å². The zero-order chi connectivity index (χ0) is 25.6. The first-order valence-corrected chi connectivity index (χ1v) is 12.2. The minimum atomic E-state index is -0.610. The molecular formula is C26H24FN3O5S. The smallest absolute Gasteiger partial charge is 0.337 e. The molecule has 4 aromatic rings. The summed E-state index contributed by atoms with van der Waals surface area (Å²) in [5.41, 5.74) is 0.322. The number of fused-ring (bicyclic) bond motifs is 3. The lowest BCUT2D eigenvalue weighted by molar-refractivity contribution is -0.129. The topological polar surface area (TPSA) is 82.8 Å². The second-order valence-corrected chi connectivity index (χ2v) is 9.60. The number of aromatic nitrogens is 2. The monoisotopic (exact) mass is 509 g/mol. The third-order valence-corrected chi connectivity index (χ3v) is 7.72. The van der Waals surface area contributed by atoms with Gasteiger partial charge in [-0.3, -0.25) is 14.2 Å². The van der Waals surface area contributed by atoms with Crippen molar-refractivity contribution >= 4 is 27.5 Å². The van der Waals surface area contributed by atoms with Crippen LogP contribution in [-0.4, -0.2) is 40.7 Å². The normalized spacial score (nSPS) is 13.1. The second kappa shape index (κ2) is 9.27. The maximum absolute atomic E-state index is 14.6. The summed E-state index contributed by atoms with van der Waals surface area (Å²) in [6.45, 7) is 2.29. The van der Waals surface area contributed by atoms with Crippen LogP contribution in [0.1, 0.15) is 22.9 Å². The molecule has 2 aromatic heterocycles. The van der Waals surface area contributed by atoms with E-state index in [9.17, 15) is 18.8 Å². The molecule has 0 radical (unpaired) electrons. The van der Waals surface area contributed by atoms with E-state index in [4.69, 9.17) is 9.47 Å². The lowest BCUT2D eigenvalue weighted by atomic mass is 10.1. The van der Waals surface area contributed by atoms with E-state index in [-0.39, 0.29) is 23.9 Å². The van der Waals surface area contributed by atoms with Gasteiger partial charge in [-0.1, -0.05) is 18.2 Å². The Hall–Kier alpha value is -3.92. The van der Waals surface area contributed by atoms with Crippen molar-refractivity contribution in [2.75, 3.05) is 20.8 Å². The number of halogens is 1. The van der Waals surface area contributed by atoms with Gasteiger partial charge in [-0.25, -0.2) is 13.8 Å². The molecule has 0 saturated carbocycles. The van der Waals surface area contributed by atoms with Gasteiger partial charge in [0.15, 0.2) is 0 Å². The van der Waals surface area contributed by atoms with E-state index < -0.39 is 17.1 Å². The Morgan fingerprint density at radius 1 is 1.11 bits per heavy atom. The first-order chi connectivity index (χ1) is 17.3. The summed E-state index contributed by atoms with van der Waals surface area (Å²) in [7, 11) is 2.96. The predicted octanol–water partition coefficient (Wildman–Crippen LogP) is 3.32. The van der Waals surface area contributed by atoms with E-state index in [1.165, 1.54) is 43.1 Å². The minimum Gasteiger partial charge on any atom is -0.497 e. The fourth-order valence-electron chi connectivity index (χ4n) is 4.59. The molecule has 0 bridgehead atoms. The molecule has 36 heavy (non-hydrogen) atoms. The highest BCUT2D eigenvalue weighted by Gasteiger charge is 2.28. The number of benzene rings is 2. The number of amides is 1. The van der Waals surface area contributed by atoms with Crippen LogP contribution in [0.5, 0.6) is 11.5 Å². The van der Waals surface area contributed by atoms with Crippen molar-refractivity contribution < 1.29 is 18.7 Å². The zero-order valence-electron chi connectivity index (χ0n) is 20.0. The summed E-state index contributed by atoms with van der Waals surface area (Å²) in [5, 5.41) is 0.409. The van der Waals surface area contributed by atoms with Gasteiger partial charge in [0.2, 0.25) is 5.91 Å². The number of hydrogen-bond donors (Lipinski definition) is 0. The maximum Gasteiger partial charge on any atom is 0.337 e. The molecule has 1 aliphatic heterocycles. The van der Waals surface area contributed by atoms with Gasteiger partial charge in [0.05, 0.1) is 38.4 Å². The van der Waals surface area contributed by atoms with Crippen molar-refractivity contribution in [3.63, 3.8) is 0 Å². The van der Waals surface area contributed by atoms with Crippen LogP contribution in [0.2, 0.25) is 0 Å². The molecule has 0 unspecified atom stereocenters. The van der Waals surface area contributed by atoms with Crippen LogP contribution < -0.4 is 20.7 Å². The lowest BCUT2D eigenvalue weighted by Crippen LogP contribution is -2.39. The summed E-state index contributed by atoms with van der Waals surface area (Å²) < 4.78 is 27.9. The van der Waals surface area contributed by atoms with Gasteiger partial charge in [0.1, 0.15) is 22.1 Å². The van der Waals surface area contributed by atoms with E-state index >= 15 is 0 Å². The van der Waals surface area contributed by atoms with Crippen LogP contribution in [0, 0.1) is 5.82 Å².